The van der Waals surface area contributed by atoms with Crippen molar-refractivity contribution in [2.45, 2.75) is 12.8 Å². The Bertz CT molecular complexity index is 402. The van der Waals surface area contributed by atoms with Crippen LogP contribution in [-0.4, -0.2) is 16.9 Å². The third kappa shape index (κ3) is 3.76. The lowest BCUT2D eigenvalue weighted by molar-refractivity contribution is -0.136. The van der Waals surface area contributed by atoms with Gasteiger partial charge in [0, 0.05) is 20.9 Å². The molecule has 0 heterocycles. The fraction of sp³-hybridized carbons (Fsp3) is 0.200. The minimum atomic E-state index is -0.959. The van der Waals surface area contributed by atoms with Gasteiger partial charge in [0.1, 0.15) is 0 Å². The van der Waals surface area contributed by atoms with Gasteiger partial charge in [0.25, 0.3) is 0 Å². The van der Waals surface area contributed by atoms with Crippen molar-refractivity contribution in [1.82, 2.24) is 0 Å². The lowest BCUT2D eigenvalue weighted by Gasteiger charge is -2.01. The van der Waals surface area contributed by atoms with E-state index in [1.807, 2.05) is 0 Å². The highest BCUT2D eigenvalue weighted by Crippen LogP contribution is 2.24. The van der Waals surface area contributed by atoms with Crippen LogP contribution in [0.2, 0.25) is 0 Å². The fourth-order valence-corrected chi connectivity index (χ4v) is 1.66. The summed E-state index contributed by atoms with van der Waals surface area (Å²) < 4.78 is 1.64. The molecule has 15 heavy (non-hydrogen) atoms. The van der Waals surface area contributed by atoms with Crippen LogP contribution in [0.4, 0.5) is 0 Å². The van der Waals surface area contributed by atoms with Crippen LogP contribution in [0.15, 0.2) is 27.1 Å². The number of carboxylic acids is 1. The Labute approximate surface area is 104 Å². The van der Waals surface area contributed by atoms with E-state index in [4.69, 9.17) is 5.11 Å². The fourth-order valence-electron chi connectivity index (χ4n) is 1.03. The molecule has 0 aliphatic rings. The summed E-state index contributed by atoms with van der Waals surface area (Å²) in [6.45, 7) is 0. The second-order valence-corrected chi connectivity index (χ2v) is 4.65. The first-order valence-electron chi connectivity index (χ1n) is 4.20. The Hall–Kier alpha value is -0.680. The molecule has 0 unspecified atom stereocenters. The summed E-state index contributed by atoms with van der Waals surface area (Å²) in [7, 11) is 0. The van der Waals surface area contributed by atoms with Gasteiger partial charge in [-0.3, -0.25) is 9.59 Å². The number of ketones is 1. The number of hydrogen-bond acceptors (Lipinski definition) is 2. The largest absolute Gasteiger partial charge is 0.481 e. The lowest BCUT2D eigenvalue weighted by Crippen LogP contribution is -2.03. The summed E-state index contributed by atoms with van der Waals surface area (Å²) >= 11 is 6.57. The predicted molar refractivity (Wildman–Crippen MR) is 63.0 cm³/mol. The number of carboxylic acid groups (broad SMARTS) is 1. The van der Waals surface area contributed by atoms with Gasteiger partial charge in [-0.1, -0.05) is 6.07 Å². The van der Waals surface area contributed by atoms with Crippen LogP contribution in [0.1, 0.15) is 23.2 Å². The van der Waals surface area contributed by atoms with Gasteiger partial charge in [0.2, 0.25) is 0 Å². The molecule has 3 nitrogen and oxygen atoms in total. The number of Topliss-reactive ketones (excluding diaryl/α,β-unsaturated/α-hetero) is 1. The van der Waals surface area contributed by atoms with Crippen molar-refractivity contribution in [1.29, 1.82) is 0 Å². The van der Waals surface area contributed by atoms with Gasteiger partial charge in [0.15, 0.2) is 5.78 Å². The minimum Gasteiger partial charge on any atom is -0.481 e. The van der Waals surface area contributed by atoms with Gasteiger partial charge in [0.05, 0.1) is 6.42 Å². The molecule has 1 N–H and O–H groups in total. The molecule has 0 radical (unpaired) electrons. The van der Waals surface area contributed by atoms with E-state index in [1.54, 1.807) is 18.2 Å². The van der Waals surface area contributed by atoms with Crippen molar-refractivity contribution < 1.29 is 14.7 Å². The molecule has 0 aromatic heterocycles. The van der Waals surface area contributed by atoms with Crippen molar-refractivity contribution in [3.63, 3.8) is 0 Å². The third-order valence-corrected chi connectivity index (χ3v) is 3.69. The quantitative estimate of drug-likeness (QED) is 0.859. The standard InChI is InChI=1S/C10H8Br2O3/c11-7-2-1-6(5-8(7)12)9(13)3-4-10(14)15/h1-2,5H,3-4H2,(H,14,15). The zero-order valence-electron chi connectivity index (χ0n) is 7.67. The monoisotopic (exact) mass is 334 g/mol. The van der Waals surface area contributed by atoms with Gasteiger partial charge in [-0.25, -0.2) is 0 Å². The first-order chi connectivity index (χ1) is 7.00. The van der Waals surface area contributed by atoms with E-state index < -0.39 is 5.97 Å². The molecule has 80 valence electrons. The average Bonchev–Trinajstić information content (AvgIpc) is 2.18. The summed E-state index contributed by atoms with van der Waals surface area (Å²) in [5.41, 5.74) is 0.520. The molecule has 0 fully saturated rings. The van der Waals surface area contributed by atoms with Gasteiger partial charge >= 0.3 is 5.97 Å². The van der Waals surface area contributed by atoms with E-state index in [-0.39, 0.29) is 18.6 Å². The van der Waals surface area contributed by atoms with Crippen molar-refractivity contribution >= 4 is 43.6 Å². The Kier molecular flexibility index (Phi) is 4.47. The normalized spacial score (nSPS) is 10.0. The topological polar surface area (TPSA) is 54.4 Å². The molecule has 0 aliphatic carbocycles. The highest BCUT2D eigenvalue weighted by atomic mass is 79.9. The third-order valence-electron chi connectivity index (χ3n) is 1.81. The summed E-state index contributed by atoms with van der Waals surface area (Å²) in [5.74, 6) is -1.12. The van der Waals surface area contributed by atoms with Gasteiger partial charge in [-0.05, 0) is 44.0 Å². The molecule has 1 aromatic carbocycles. The molecular weight excluding hydrogens is 328 g/mol. The Balaban J connectivity index is 2.74. The van der Waals surface area contributed by atoms with Crippen LogP contribution < -0.4 is 0 Å². The molecule has 1 aromatic rings. The SMILES string of the molecule is O=C(O)CCC(=O)c1ccc(Br)c(Br)c1. The highest BCUT2D eigenvalue weighted by molar-refractivity contribution is 9.13. The summed E-state index contributed by atoms with van der Waals surface area (Å²) in [5, 5.41) is 8.44. The van der Waals surface area contributed by atoms with Gasteiger partial charge in [-0.2, -0.15) is 0 Å². The summed E-state index contributed by atoms with van der Waals surface area (Å²) in [6, 6.07) is 5.09. The van der Waals surface area contributed by atoms with Crippen molar-refractivity contribution in [2.24, 2.45) is 0 Å². The first kappa shape index (κ1) is 12.4. The van der Waals surface area contributed by atoms with Crippen LogP contribution in [0.5, 0.6) is 0 Å². The number of rotatable bonds is 4. The summed E-state index contributed by atoms with van der Waals surface area (Å²) in [4.78, 5) is 21.8. The minimum absolute atomic E-state index is 0.0312. The van der Waals surface area contributed by atoms with Crippen molar-refractivity contribution in [3.8, 4) is 0 Å². The van der Waals surface area contributed by atoms with Crippen LogP contribution >= 0.6 is 31.9 Å². The van der Waals surface area contributed by atoms with Crippen LogP contribution in [-0.2, 0) is 4.79 Å². The van der Waals surface area contributed by atoms with E-state index in [0.717, 1.165) is 8.95 Å². The maximum atomic E-state index is 11.5. The van der Waals surface area contributed by atoms with Gasteiger partial charge in [-0.15, -0.1) is 0 Å². The first-order valence-corrected chi connectivity index (χ1v) is 5.79. The Morgan fingerprint density at radius 1 is 1.13 bits per heavy atom. The second kappa shape index (κ2) is 5.42. The molecule has 0 bridgehead atoms. The van der Waals surface area contributed by atoms with Crippen LogP contribution in [0, 0.1) is 0 Å². The molecule has 0 saturated carbocycles. The number of carbonyl (C=O) groups excluding carboxylic acids is 1. The molecule has 0 saturated heterocycles. The molecular formula is C10H8Br2O3. The summed E-state index contributed by atoms with van der Waals surface area (Å²) in [6.07, 6.45) is -0.101. The van der Waals surface area contributed by atoms with E-state index in [9.17, 15) is 9.59 Å². The second-order valence-electron chi connectivity index (χ2n) is 2.95. The molecule has 0 amide bonds. The Morgan fingerprint density at radius 2 is 1.80 bits per heavy atom. The maximum Gasteiger partial charge on any atom is 0.303 e. The number of carbonyl (C=O) groups is 2. The number of aliphatic carboxylic acids is 1. The van der Waals surface area contributed by atoms with Gasteiger partial charge < -0.3 is 5.11 Å². The van der Waals surface area contributed by atoms with E-state index in [2.05, 4.69) is 31.9 Å². The van der Waals surface area contributed by atoms with E-state index >= 15 is 0 Å². The van der Waals surface area contributed by atoms with Crippen molar-refractivity contribution in [3.05, 3.63) is 32.7 Å². The van der Waals surface area contributed by atoms with Crippen molar-refractivity contribution in [2.75, 3.05) is 0 Å². The zero-order valence-corrected chi connectivity index (χ0v) is 10.8. The predicted octanol–water partition coefficient (Wildman–Crippen LogP) is 3.26. The molecule has 0 aliphatic heterocycles. The smallest absolute Gasteiger partial charge is 0.303 e. The van der Waals surface area contributed by atoms with E-state index in [0.29, 0.717) is 5.56 Å². The number of benzene rings is 1. The molecule has 1 rings (SSSR count). The Morgan fingerprint density at radius 3 is 2.33 bits per heavy atom. The number of halogens is 2. The number of hydrogen-bond donors (Lipinski definition) is 1. The highest BCUT2D eigenvalue weighted by Gasteiger charge is 2.09. The molecule has 5 heteroatoms. The average molecular weight is 336 g/mol. The van der Waals surface area contributed by atoms with E-state index in [1.165, 1.54) is 0 Å². The lowest BCUT2D eigenvalue weighted by atomic mass is 10.1. The van der Waals surface area contributed by atoms with Crippen LogP contribution in [0.25, 0.3) is 0 Å². The van der Waals surface area contributed by atoms with Crippen LogP contribution in [0.3, 0.4) is 0 Å². The maximum absolute atomic E-state index is 11.5. The molecule has 0 spiro atoms. The molecule has 0 atom stereocenters. The zero-order chi connectivity index (χ0) is 11.4.